The molecule has 4 heteroatoms. The van der Waals surface area contributed by atoms with E-state index in [4.69, 9.17) is 0 Å². The highest BCUT2D eigenvalue weighted by molar-refractivity contribution is 5.93. The predicted octanol–water partition coefficient (Wildman–Crippen LogP) is 0.0268. The van der Waals surface area contributed by atoms with Crippen molar-refractivity contribution in [1.82, 2.24) is 0 Å². The minimum atomic E-state index is -1.33. The molecule has 1 heterocycles. The molecule has 0 atom stereocenters. The first-order valence-electron chi connectivity index (χ1n) is 2.79. The zero-order chi connectivity index (χ0) is 7.78. The van der Waals surface area contributed by atoms with E-state index in [9.17, 15) is 9.59 Å². The zero-order valence-corrected chi connectivity index (χ0v) is 5.55. The van der Waals surface area contributed by atoms with E-state index in [0.29, 0.717) is 0 Å². The highest BCUT2D eigenvalue weighted by atomic mass is 16.7. The quantitative estimate of drug-likeness (QED) is 0.272. The van der Waals surface area contributed by atoms with Gasteiger partial charge in [-0.25, -0.2) is 0 Å². The molecular weight excluding hydrogens is 136 g/mol. The number of carbonyl (C=O) groups is 2. The van der Waals surface area contributed by atoms with E-state index in [-0.39, 0.29) is 6.42 Å². The zero-order valence-electron chi connectivity index (χ0n) is 5.55. The molecule has 1 fully saturated rings. The molecule has 1 saturated heterocycles. The van der Waals surface area contributed by atoms with Crippen LogP contribution in [-0.2, 0) is 19.1 Å². The number of carbonyl (C=O) groups excluding carboxylic acids is 2. The van der Waals surface area contributed by atoms with Gasteiger partial charge in [0, 0.05) is 0 Å². The van der Waals surface area contributed by atoms with Gasteiger partial charge in [0.2, 0.25) is 0 Å². The Labute approximate surface area is 58.1 Å². The lowest BCUT2D eigenvalue weighted by atomic mass is 10.3. The van der Waals surface area contributed by atoms with Crippen LogP contribution >= 0.6 is 0 Å². The average Bonchev–Trinajstić information content (AvgIpc) is 1.54. The Morgan fingerprint density at radius 2 is 1.80 bits per heavy atom. The fourth-order valence-electron chi connectivity index (χ4n) is 0.692. The van der Waals surface area contributed by atoms with Crippen LogP contribution < -0.4 is 0 Å². The summed E-state index contributed by atoms with van der Waals surface area (Å²) >= 11 is 0. The van der Waals surface area contributed by atoms with Crippen molar-refractivity contribution in [3.63, 3.8) is 0 Å². The van der Waals surface area contributed by atoms with E-state index < -0.39 is 17.7 Å². The van der Waals surface area contributed by atoms with Crippen LogP contribution in [0, 0.1) is 6.92 Å². The van der Waals surface area contributed by atoms with Gasteiger partial charge in [-0.2, -0.15) is 0 Å². The number of cyclic esters (lactones) is 2. The van der Waals surface area contributed by atoms with E-state index in [1.807, 2.05) is 0 Å². The minimum absolute atomic E-state index is 0.314. The fraction of sp³-hybridized carbons (Fsp3) is 0.500. The van der Waals surface area contributed by atoms with Crippen molar-refractivity contribution < 1.29 is 19.1 Å². The summed E-state index contributed by atoms with van der Waals surface area (Å²) in [6, 6.07) is 0. The van der Waals surface area contributed by atoms with Gasteiger partial charge in [0.25, 0.3) is 0 Å². The van der Waals surface area contributed by atoms with Gasteiger partial charge in [-0.3, -0.25) is 9.59 Å². The van der Waals surface area contributed by atoms with Crippen LogP contribution in [0.4, 0.5) is 0 Å². The Hall–Kier alpha value is -1.19. The third kappa shape index (κ3) is 1.40. The molecule has 0 aromatic carbocycles. The van der Waals surface area contributed by atoms with Crippen molar-refractivity contribution >= 4 is 11.9 Å². The summed E-state index contributed by atoms with van der Waals surface area (Å²) in [6.45, 7) is 4.75. The van der Waals surface area contributed by atoms with Crippen molar-refractivity contribution in [2.24, 2.45) is 0 Å². The predicted molar refractivity (Wildman–Crippen MR) is 30.6 cm³/mol. The lowest BCUT2D eigenvalue weighted by molar-refractivity contribution is -0.222. The normalized spacial score (nSPS) is 23.3. The van der Waals surface area contributed by atoms with Crippen LogP contribution in [0.3, 0.4) is 0 Å². The lowest BCUT2D eigenvalue weighted by Gasteiger charge is -2.22. The molecule has 0 spiro atoms. The number of hydrogen-bond acceptors (Lipinski definition) is 4. The van der Waals surface area contributed by atoms with Crippen LogP contribution in [0.5, 0.6) is 0 Å². The first-order valence-corrected chi connectivity index (χ1v) is 2.79. The van der Waals surface area contributed by atoms with Gasteiger partial charge < -0.3 is 9.47 Å². The maximum atomic E-state index is 10.5. The van der Waals surface area contributed by atoms with E-state index in [0.717, 1.165) is 0 Å². The minimum Gasteiger partial charge on any atom is -0.384 e. The number of esters is 2. The molecule has 0 unspecified atom stereocenters. The van der Waals surface area contributed by atoms with Crippen LogP contribution in [0.2, 0.25) is 0 Å². The highest BCUT2D eigenvalue weighted by Gasteiger charge is 2.40. The molecule has 0 amide bonds. The van der Waals surface area contributed by atoms with Gasteiger partial charge in [0.15, 0.2) is 6.92 Å². The molecule has 54 valence electrons. The summed E-state index contributed by atoms with van der Waals surface area (Å²) in [5.41, 5.74) is 0. The van der Waals surface area contributed by atoms with Crippen molar-refractivity contribution in [2.75, 3.05) is 0 Å². The molecule has 1 aliphatic heterocycles. The highest BCUT2D eigenvalue weighted by Crippen LogP contribution is 2.17. The first kappa shape index (κ1) is 6.92. The first-order chi connectivity index (χ1) is 4.49. The molecule has 4 nitrogen and oxygen atoms in total. The van der Waals surface area contributed by atoms with Gasteiger partial charge in [0.05, 0.1) is 6.92 Å². The van der Waals surface area contributed by atoms with Crippen molar-refractivity contribution in [1.29, 1.82) is 0 Å². The largest absolute Gasteiger partial charge is 0.397 e. The smallest absolute Gasteiger partial charge is 0.384 e. The van der Waals surface area contributed by atoms with Crippen LogP contribution in [0.1, 0.15) is 13.3 Å². The molecule has 0 aliphatic carbocycles. The standard InChI is InChI=1S/C6H7O4/c1-6(2)9-4(7)3-5(8)10-6/h1,3H2,2H3/q+1. The van der Waals surface area contributed by atoms with Gasteiger partial charge in [-0.05, 0) is 0 Å². The molecular formula is C6H7O4+. The second kappa shape index (κ2) is 1.90. The monoisotopic (exact) mass is 143 g/mol. The van der Waals surface area contributed by atoms with Crippen LogP contribution in [0.25, 0.3) is 0 Å². The van der Waals surface area contributed by atoms with Crippen LogP contribution in [-0.4, -0.2) is 17.7 Å². The molecule has 1 aliphatic rings. The van der Waals surface area contributed by atoms with E-state index in [1.165, 1.54) is 6.92 Å². The summed E-state index contributed by atoms with van der Waals surface area (Å²) in [7, 11) is 0. The molecule has 0 aromatic heterocycles. The number of hydrogen-bond donors (Lipinski definition) is 0. The van der Waals surface area contributed by atoms with Crippen molar-refractivity contribution in [2.45, 2.75) is 19.1 Å². The van der Waals surface area contributed by atoms with Crippen molar-refractivity contribution in [3.8, 4) is 0 Å². The van der Waals surface area contributed by atoms with Gasteiger partial charge in [0.1, 0.15) is 6.42 Å². The van der Waals surface area contributed by atoms with Crippen molar-refractivity contribution in [3.05, 3.63) is 6.92 Å². The second-order valence-corrected chi connectivity index (χ2v) is 2.26. The Morgan fingerprint density at radius 1 is 1.40 bits per heavy atom. The van der Waals surface area contributed by atoms with E-state index >= 15 is 0 Å². The number of ether oxygens (including phenoxy) is 2. The Morgan fingerprint density at radius 3 is 2.10 bits per heavy atom. The third-order valence-corrected chi connectivity index (χ3v) is 0.948. The van der Waals surface area contributed by atoms with Gasteiger partial charge >= 0.3 is 17.7 Å². The molecule has 0 bridgehead atoms. The Bertz CT molecular complexity index is 164. The molecule has 0 N–H and O–H groups in total. The van der Waals surface area contributed by atoms with Gasteiger partial charge in [-0.1, -0.05) is 0 Å². The van der Waals surface area contributed by atoms with Gasteiger partial charge in [-0.15, -0.1) is 0 Å². The maximum Gasteiger partial charge on any atom is 0.397 e. The average molecular weight is 143 g/mol. The molecule has 0 radical (unpaired) electrons. The molecule has 10 heavy (non-hydrogen) atoms. The van der Waals surface area contributed by atoms with Crippen LogP contribution in [0.15, 0.2) is 0 Å². The second-order valence-electron chi connectivity index (χ2n) is 2.26. The summed E-state index contributed by atoms with van der Waals surface area (Å²) in [4.78, 5) is 21.1. The van der Waals surface area contributed by atoms with E-state index in [1.54, 1.807) is 0 Å². The van der Waals surface area contributed by atoms with E-state index in [2.05, 4.69) is 16.4 Å². The molecule has 0 saturated carbocycles. The fourth-order valence-corrected chi connectivity index (χ4v) is 0.692. The summed E-state index contributed by atoms with van der Waals surface area (Å²) in [5.74, 6) is -2.51. The molecule has 0 aromatic rings. The maximum absolute atomic E-state index is 10.5. The lowest BCUT2D eigenvalue weighted by Crippen LogP contribution is -2.40. The summed E-state index contributed by atoms with van der Waals surface area (Å²) < 4.78 is 9.10. The number of rotatable bonds is 0. The molecule has 1 rings (SSSR count). The topological polar surface area (TPSA) is 52.6 Å². The summed E-state index contributed by atoms with van der Waals surface area (Å²) in [6.07, 6.45) is -0.314. The Kier molecular flexibility index (Phi) is 1.31. The SMILES string of the molecule is [CH2+]C1(C)OC(=O)CC(=O)O1. The Balaban J connectivity index is 2.68. The summed E-state index contributed by atoms with van der Waals surface area (Å²) in [5, 5.41) is 0. The third-order valence-electron chi connectivity index (χ3n) is 0.948.